The maximum Gasteiger partial charge on any atom is 0.106 e. The summed E-state index contributed by atoms with van der Waals surface area (Å²) >= 11 is 6.29. The number of rotatable bonds is 5. The number of hydrogen-bond donors (Lipinski definition) is 2. The predicted octanol–water partition coefficient (Wildman–Crippen LogP) is 3.33. The molecule has 108 valence electrons. The molecule has 1 aromatic heterocycles. The SMILES string of the molecule is CC(C)(C)NCCNc1cccc(Cl)c1-n1cccn1. The summed E-state index contributed by atoms with van der Waals surface area (Å²) in [7, 11) is 0. The minimum atomic E-state index is 0.126. The van der Waals surface area contributed by atoms with Crippen LogP contribution in [0.25, 0.3) is 5.69 Å². The van der Waals surface area contributed by atoms with Crippen molar-refractivity contribution in [2.24, 2.45) is 0 Å². The van der Waals surface area contributed by atoms with Crippen LogP contribution in [0.4, 0.5) is 5.69 Å². The highest BCUT2D eigenvalue weighted by molar-refractivity contribution is 6.33. The maximum absolute atomic E-state index is 6.29. The molecule has 0 aliphatic carbocycles. The molecule has 0 saturated carbocycles. The highest BCUT2D eigenvalue weighted by atomic mass is 35.5. The molecule has 0 bridgehead atoms. The zero-order chi connectivity index (χ0) is 14.6. The van der Waals surface area contributed by atoms with E-state index in [2.05, 4.69) is 36.5 Å². The molecule has 20 heavy (non-hydrogen) atoms. The largest absolute Gasteiger partial charge is 0.382 e. The van der Waals surface area contributed by atoms with Crippen molar-refractivity contribution in [3.63, 3.8) is 0 Å². The molecule has 5 heteroatoms. The van der Waals surface area contributed by atoms with Gasteiger partial charge in [0.2, 0.25) is 0 Å². The Labute approximate surface area is 125 Å². The summed E-state index contributed by atoms with van der Waals surface area (Å²) in [6.07, 6.45) is 3.63. The van der Waals surface area contributed by atoms with E-state index in [9.17, 15) is 0 Å². The molecule has 0 aliphatic heterocycles. The van der Waals surface area contributed by atoms with Crippen LogP contribution in [0.3, 0.4) is 0 Å². The second-order valence-corrected chi connectivity index (χ2v) is 6.10. The van der Waals surface area contributed by atoms with Crippen LogP contribution < -0.4 is 10.6 Å². The van der Waals surface area contributed by atoms with Gasteiger partial charge in [0.25, 0.3) is 0 Å². The molecule has 0 atom stereocenters. The van der Waals surface area contributed by atoms with Crippen LogP contribution in [-0.4, -0.2) is 28.4 Å². The van der Waals surface area contributed by atoms with Crippen molar-refractivity contribution < 1.29 is 0 Å². The van der Waals surface area contributed by atoms with E-state index in [-0.39, 0.29) is 5.54 Å². The molecular formula is C15H21ClN4. The molecule has 2 aromatic rings. The molecule has 2 rings (SSSR count). The Hall–Kier alpha value is -1.52. The van der Waals surface area contributed by atoms with E-state index in [1.807, 2.05) is 30.5 Å². The van der Waals surface area contributed by atoms with Crippen LogP contribution in [0.2, 0.25) is 5.02 Å². The number of aromatic nitrogens is 2. The second-order valence-electron chi connectivity index (χ2n) is 5.69. The normalized spacial score (nSPS) is 11.6. The van der Waals surface area contributed by atoms with Gasteiger partial charge < -0.3 is 10.6 Å². The zero-order valence-electron chi connectivity index (χ0n) is 12.2. The smallest absolute Gasteiger partial charge is 0.106 e. The van der Waals surface area contributed by atoms with Gasteiger partial charge in [-0.2, -0.15) is 5.10 Å². The topological polar surface area (TPSA) is 41.9 Å². The molecule has 0 radical (unpaired) electrons. The standard InChI is InChI=1S/C15H21ClN4/c1-15(2,3)18-10-9-17-13-7-4-6-12(16)14(13)20-11-5-8-19-20/h4-8,11,17-18H,9-10H2,1-3H3. The molecule has 0 saturated heterocycles. The molecule has 1 aromatic carbocycles. The number of nitrogens with zero attached hydrogens (tertiary/aromatic N) is 2. The number of hydrogen-bond acceptors (Lipinski definition) is 3. The number of halogens is 1. The Morgan fingerprint density at radius 2 is 2.00 bits per heavy atom. The van der Waals surface area contributed by atoms with Gasteiger partial charge in [0, 0.05) is 31.0 Å². The summed E-state index contributed by atoms with van der Waals surface area (Å²) in [4.78, 5) is 0. The van der Waals surface area contributed by atoms with Crippen LogP contribution in [0.1, 0.15) is 20.8 Å². The van der Waals surface area contributed by atoms with E-state index in [4.69, 9.17) is 11.6 Å². The Morgan fingerprint density at radius 1 is 1.20 bits per heavy atom. The fourth-order valence-electron chi connectivity index (χ4n) is 1.93. The van der Waals surface area contributed by atoms with Gasteiger partial charge in [0.15, 0.2) is 0 Å². The van der Waals surface area contributed by atoms with E-state index < -0.39 is 0 Å². The van der Waals surface area contributed by atoms with Gasteiger partial charge in [-0.1, -0.05) is 17.7 Å². The van der Waals surface area contributed by atoms with E-state index in [1.54, 1.807) is 10.9 Å². The zero-order valence-corrected chi connectivity index (χ0v) is 12.9. The quantitative estimate of drug-likeness (QED) is 0.831. The van der Waals surface area contributed by atoms with Crippen molar-refractivity contribution in [1.29, 1.82) is 0 Å². The van der Waals surface area contributed by atoms with Gasteiger partial charge in [0.1, 0.15) is 5.69 Å². The number of anilines is 1. The van der Waals surface area contributed by atoms with Gasteiger partial charge in [0.05, 0.1) is 10.7 Å². The van der Waals surface area contributed by atoms with Crippen molar-refractivity contribution >= 4 is 17.3 Å². The highest BCUT2D eigenvalue weighted by Gasteiger charge is 2.10. The maximum atomic E-state index is 6.29. The molecule has 2 N–H and O–H groups in total. The lowest BCUT2D eigenvalue weighted by atomic mass is 10.1. The summed E-state index contributed by atoms with van der Waals surface area (Å²) < 4.78 is 1.78. The molecule has 0 unspecified atom stereocenters. The third kappa shape index (κ3) is 3.99. The van der Waals surface area contributed by atoms with E-state index in [0.29, 0.717) is 5.02 Å². The minimum absolute atomic E-state index is 0.126. The Morgan fingerprint density at radius 3 is 2.65 bits per heavy atom. The molecule has 0 spiro atoms. The summed E-state index contributed by atoms with van der Waals surface area (Å²) in [6.45, 7) is 8.17. The average molecular weight is 293 g/mol. The molecule has 1 heterocycles. The van der Waals surface area contributed by atoms with Gasteiger partial charge in [-0.3, -0.25) is 0 Å². The fraction of sp³-hybridized carbons (Fsp3) is 0.400. The van der Waals surface area contributed by atoms with Crippen molar-refractivity contribution in [2.75, 3.05) is 18.4 Å². The molecule has 0 aliphatic rings. The van der Waals surface area contributed by atoms with E-state index in [0.717, 1.165) is 24.5 Å². The van der Waals surface area contributed by atoms with Crippen LogP contribution in [0, 0.1) is 0 Å². The summed E-state index contributed by atoms with van der Waals surface area (Å²) in [6, 6.07) is 7.71. The predicted molar refractivity (Wildman–Crippen MR) is 84.8 cm³/mol. The molecule has 0 amide bonds. The first-order chi connectivity index (χ1) is 9.47. The Bertz CT molecular complexity index is 543. The first kappa shape index (κ1) is 14.9. The van der Waals surface area contributed by atoms with Crippen molar-refractivity contribution in [3.8, 4) is 5.69 Å². The number of benzene rings is 1. The van der Waals surface area contributed by atoms with Crippen LogP contribution in [0.5, 0.6) is 0 Å². The van der Waals surface area contributed by atoms with E-state index >= 15 is 0 Å². The van der Waals surface area contributed by atoms with Crippen molar-refractivity contribution in [1.82, 2.24) is 15.1 Å². The lowest BCUT2D eigenvalue weighted by Gasteiger charge is -2.21. The van der Waals surface area contributed by atoms with Crippen LogP contribution in [0.15, 0.2) is 36.7 Å². The molecule has 0 fully saturated rings. The molecular weight excluding hydrogens is 272 g/mol. The Balaban J connectivity index is 2.07. The van der Waals surface area contributed by atoms with Gasteiger partial charge in [-0.25, -0.2) is 4.68 Å². The van der Waals surface area contributed by atoms with Crippen molar-refractivity contribution in [3.05, 3.63) is 41.7 Å². The summed E-state index contributed by atoms with van der Waals surface area (Å²) in [5.74, 6) is 0. The monoisotopic (exact) mass is 292 g/mol. The van der Waals surface area contributed by atoms with E-state index in [1.165, 1.54) is 0 Å². The number of para-hydroxylation sites is 1. The van der Waals surface area contributed by atoms with Crippen molar-refractivity contribution in [2.45, 2.75) is 26.3 Å². The Kier molecular flexibility index (Phi) is 4.68. The lowest BCUT2D eigenvalue weighted by Crippen LogP contribution is -2.38. The first-order valence-electron chi connectivity index (χ1n) is 6.75. The third-order valence-electron chi connectivity index (χ3n) is 2.82. The summed E-state index contributed by atoms with van der Waals surface area (Å²) in [5, 5.41) is 11.8. The fourth-order valence-corrected chi connectivity index (χ4v) is 2.19. The van der Waals surface area contributed by atoms with Crippen LogP contribution >= 0.6 is 11.6 Å². The number of nitrogens with one attached hydrogen (secondary N) is 2. The van der Waals surface area contributed by atoms with Gasteiger partial charge in [-0.05, 0) is 39.0 Å². The highest BCUT2D eigenvalue weighted by Crippen LogP contribution is 2.27. The lowest BCUT2D eigenvalue weighted by molar-refractivity contribution is 0.435. The van der Waals surface area contributed by atoms with Gasteiger partial charge >= 0.3 is 0 Å². The minimum Gasteiger partial charge on any atom is -0.382 e. The summed E-state index contributed by atoms with van der Waals surface area (Å²) in [5.41, 5.74) is 1.99. The first-order valence-corrected chi connectivity index (χ1v) is 7.12. The van der Waals surface area contributed by atoms with Gasteiger partial charge in [-0.15, -0.1) is 0 Å². The third-order valence-corrected chi connectivity index (χ3v) is 3.12. The second kappa shape index (κ2) is 6.29. The average Bonchev–Trinajstić information content (AvgIpc) is 2.87. The van der Waals surface area contributed by atoms with Crippen LogP contribution in [-0.2, 0) is 0 Å². The molecule has 4 nitrogen and oxygen atoms in total.